The summed E-state index contributed by atoms with van der Waals surface area (Å²) in [7, 11) is 1.73. The molecule has 0 bridgehead atoms. The maximum atomic E-state index is 12.2. The molecule has 2 aromatic rings. The largest absolute Gasteiger partial charge is 0.491 e. The molecule has 0 saturated carbocycles. The van der Waals surface area contributed by atoms with Crippen molar-refractivity contribution in [3.8, 4) is 17.2 Å². The monoisotopic (exact) mass is 642 g/mol. The van der Waals surface area contributed by atoms with Gasteiger partial charge in [-0.3, -0.25) is 14.4 Å². The number of rotatable bonds is 10. The van der Waals surface area contributed by atoms with Crippen LogP contribution in [0, 0.1) is 10.8 Å². The van der Waals surface area contributed by atoms with Crippen LogP contribution in [0.1, 0.15) is 103 Å². The molecule has 2 atom stereocenters. The number of likely N-dealkylation sites (N-methyl/N-ethyl adjacent to an activating group) is 1. The second-order valence-electron chi connectivity index (χ2n) is 14.7. The van der Waals surface area contributed by atoms with Crippen molar-refractivity contribution in [2.75, 3.05) is 26.7 Å². The van der Waals surface area contributed by atoms with E-state index < -0.39 is 35.0 Å². The smallest absolute Gasteiger partial charge is 0.316 e. The van der Waals surface area contributed by atoms with Gasteiger partial charge in [0.2, 0.25) is 0 Å². The average Bonchev–Trinajstić information content (AvgIpc) is 2.95. The van der Waals surface area contributed by atoms with Gasteiger partial charge in [-0.1, -0.05) is 18.2 Å². The molecule has 4 N–H and O–H groups in total. The van der Waals surface area contributed by atoms with Crippen LogP contribution < -0.4 is 24.8 Å². The lowest BCUT2D eigenvalue weighted by molar-refractivity contribution is -0.145. The van der Waals surface area contributed by atoms with Gasteiger partial charge in [-0.15, -0.1) is 0 Å². The van der Waals surface area contributed by atoms with E-state index in [9.17, 15) is 24.6 Å². The minimum atomic E-state index is -0.774. The van der Waals surface area contributed by atoms with Crippen molar-refractivity contribution in [3.05, 3.63) is 53.1 Å². The summed E-state index contributed by atoms with van der Waals surface area (Å²) in [6.07, 6.45) is 1.02. The van der Waals surface area contributed by atoms with E-state index in [2.05, 4.69) is 31.4 Å². The second kappa shape index (κ2) is 16.5. The van der Waals surface area contributed by atoms with Crippen LogP contribution in [0.2, 0.25) is 0 Å². The van der Waals surface area contributed by atoms with Crippen molar-refractivity contribution in [2.24, 2.45) is 10.8 Å². The number of fused-ring (bicyclic) bond motifs is 1. The van der Waals surface area contributed by atoms with E-state index >= 15 is 0 Å². The van der Waals surface area contributed by atoms with Crippen molar-refractivity contribution in [1.29, 1.82) is 0 Å². The molecule has 0 aliphatic heterocycles. The summed E-state index contributed by atoms with van der Waals surface area (Å²) in [6.45, 7) is 17.6. The third-order valence-corrected chi connectivity index (χ3v) is 6.94. The number of hydrogen-bond acceptors (Lipinski definition) is 10. The number of Topliss-reactive ketones (excluding diaryl/α,β-unsaturated/α-hetero) is 1. The fourth-order valence-corrected chi connectivity index (χ4v) is 4.16. The summed E-state index contributed by atoms with van der Waals surface area (Å²) in [5.74, 6) is 0.292. The first-order valence-electron chi connectivity index (χ1n) is 15.8. The van der Waals surface area contributed by atoms with Gasteiger partial charge in [0.15, 0.2) is 17.3 Å². The molecule has 0 radical (unpaired) electrons. The maximum Gasteiger partial charge on any atom is 0.316 e. The standard InChI is InChI=1S/C19H29NO5.C17H25NO3/c1-18(2,3)16(22)24-14-9-8-12(13(21)11-20-7)10-15(14)25-17(23)19(4,5)6;1-17(2,3)18-10-12(19)11-21-16-9-5-6-13-14(16)7-4-8-15(13)20/h8-10,13,20-21H,11H2,1-7H3;5-6,9,12,18-19H,4,7-8,10-11H2,1-3H3. The lowest BCUT2D eigenvalue weighted by atomic mass is 9.90. The van der Waals surface area contributed by atoms with Crippen molar-refractivity contribution >= 4 is 17.7 Å². The van der Waals surface area contributed by atoms with E-state index in [-0.39, 0.29) is 29.4 Å². The first-order valence-corrected chi connectivity index (χ1v) is 15.8. The maximum absolute atomic E-state index is 12.2. The Kier molecular flexibility index (Phi) is 13.9. The quantitative estimate of drug-likeness (QED) is 0.202. The Balaban J connectivity index is 0.000000324. The van der Waals surface area contributed by atoms with Crippen molar-refractivity contribution in [1.82, 2.24) is 10.6 Å². The minimum Gasteiger partial charge on any atom is -0.491 e. The highest BCUT2D eigenvalue weighted by atomic mass is 16.6. The molecule has 1 aliphatic carbocycles. The molecular formula is C36H54N2O8. The molecule has 46 heavy (non-hydrogen) atoms. The number of ketones is 1. The molecule has 0 fully saturated rings. The van der Waals surface area contributed by atoms with Gasteiger partial charge in [-0.25, -0.2) is 0 Å². The highest BCUT2D eigenvalue weighted by Crippen LogP contribution is 2.34. The second-order valence-corrected chi connectivity index (χ2v) is 14.7. The Morgan fingerprint density at radius 3 is 2.00 bits per heavy atom. The van der Waals surface area contributed by atoms with Crippen molar-refractivity contribution in [3.63, 3.8) is 0 Å². The van der Waals surface area contributed by atoms with E-state index in [0.29, 0.717) is 25.1 Å². The van der Waals surface area contributed by atoms with E-state index in [1.54, 1.807) is 54.7 Å². The molecule has 3 rings (SSSR count). The van der Waals surface area contributed by atoms with E-state index in [1.165, 1.54) is 12.1 Å². The van der Waals surface area contributed by atoms with Crippen LogP contribution in [0.15, 0.2) is 36.4 Å². The Labute approximate surface area is 274 Å². The molecule has 0 heterocycles. The lowest BCUT2D eigenvalue weighted by Crippen LogP contribution is -2.42. The van der Waals surface area contributed by atoms with Gasteiger partial charge in [0.1, 0.15) is 18.5 Å². The van der Waals surface area contributed by atoms with Gasteiger partial charge in [-0.05, 0) is 106 Å². The molecule has 0 aromatic heterocycles. The number of aliphatic hydroxyl groups excluding tert-OH is 2. The number of β-amino-alcohol motifs (C(OH)–C–C–N with tert-alkyl or cyclic N) is 1. The van der Waals surface area contributed by atoms with Gasteiger partial charge in [0.05, 0.1) is 16.9 Å². The average molecular weight is 643 g/mol. The number of nitrogens with one attached hydrogen (secondary N) is 2. The SMILES string of the molecule is CC(C)(C)NCC(O)COc1cccc2c1CCCC2=O.CNCC(O)c1ccc(OC(=O)C(C)(C)C)c(OC(=O)C(C)(C)C)c1. The molecule has 0 saturated heterocycles. The van der Waals surface area contributed by atoms with Crippen LogP contribution in [-0.4, -0.2) is 66.3 Å². The third kappa shape index (κ3) is 12.5. The van der Waals surface area contributed by atoms with E-state index in [4.69, 9.17) is 14.2 Å². The summed E-state index contributed by atoms with van der Waals surface area (Å²) in [5.41, 5.74) is 0.882. The summed E-state index contributed by atoms with van der Waals surface area (Å²) >= 11 is 0. The van der Waals surface area contributed by atoms with Crippen LogP contribution >= 0.6 is 0 Å². The first-order chi connectivity index (χ1) is 21.2. The van der Waals surface area contributed by atoms with E-state index in [1.807, 2.05) is 18.2 Å². The number of ether oxygens (including phenoxy) is 3. The van der Waals surface area contributed by atoms with Crippen LogP contribution in [0.3, 0.4) is 0 Å². The number of carbonyl (C=O) groups is 3. The van der Waals surface area contributed by atoms with Crippen molar-refractivity contribution < 1.29 is 38.8 Å². The fourth-order valence-electron chi connectivity index (χ4n) is 4.16. The van der Waals surface area contributed by atoms with Gasteiger partial charge in [0, 0.05) is 36.2 Å². The normalized spacial score (nSPS) is 14.7. The van der Waals surface area contributed by atoms with Gasteiger partial charge < -0.3 is 35.1 Å². The zero-order valence-electron chi connectivity index (χ0n) is 29.2. The summed E-state index contributed by atoms with van der Waals surface area (Å²) < 4.78 is 16.6. The molecule has 2 aromatic carbocycles. The number of carbonyl (C=O) groups excluding carboxylic acids is 3. The summed E-state index contributed by atoms with van der Waals surface area (Å²) in [4.78, 5) is 36.3. The zero-order chi connectivity index (χ0) is 34.9. The topological polar surface area (TPSA) is 143 Å². The van der Waals surface area contributed by atoms with Crippen LogP contribution in [0.4, 0.5) is 0 Å². The highest BCUT2D eigenvalue weighted by Gasteiger charge is 2.29. The van der Waals surface area contributed by atoms with E-state index in [0.717, 1.165) is 29.7 Å². The predicted molar refractivity (Wildman–Crippen MR) is 178 cm³/mol. The number of aliphatic hydroxyl groups is 2. The molecule has 10 heteroatoms. The Morgan fingerprint density at radius 1 is 0.826 bits per heavy atom. The molecule has 256 valence electrons. The Bertz CT molecular complexity index is 1330. The molecule has 1 aliphatic rings. The Morgan fingerprint density at radius 2 is 1.43 bits per heavy atom. The van der Waals surface area contributed by atoms with Crippen LogP contribution in [0.25, 0.3) is 0 Å². The summed E-state index contributed by atoms with van der Waals surface area (Å²) in [6, 6.07) is 10.3. The van der Waals surface area contributed by atoms with Crippen LogP contribution in [0.5, 0.6) is 17.2 Å². The number of esters is 2. The third-order valence-electron chi connectivity index (χ3n) is 6.94. The minimum absolute atomic E-state index is 0.0285. The number of benzene rings is 2. The molecule has 0 amide bonds. The van der Waals surface area contributed by atoms with Crippen LogP contribution in [-0.2, 0) is 16.0 Å². The van der Waals surface area contributed by atoms with Gasteiger partial charge in [-0.2, -0.15) is 0 Å². The lowest BCUT2D eigenvalue weighted by Gasteiger charge is -2.24. The molecule has 10 nitrogen and oxygen atoms in total. The first kappa shape index (κ1) is 38.9. The number of hydrogen-bond donors (Lipinski definition) is 4. The fraction of sp³-hybridized carbons (Fsp3) is 0.583. The predicted octanol–water partition coefficient (Wildman–Crippen LogP) is 5.18. The van der Waals surface area contributed by atoms with Gasteiger partial charge >= 0.3 is 11.9 Å². The molecular weight excluding hydrogens is 588 g/mol. The summed E-state index contributed by atoms with van der Waals surface area (Å²) in [5, 5.41) is 26.2. The Hall–Kier alpha value is -3.31. The van der Waals surface area contributed by atoms with Crippen molar-refractivity contribution in [2.45, 2.75) is 99.3 Å². The molecule has 2 unspecified atom stereocenters. The zero-order valence-corrected chi connectivity index (χ0v) is 29.2. The molecule has 0 spiro atoms. The van der Waals surface area contributed by atoms with Gasteiger partial charge in [0.25, 0.3) is 0 Å². The highest BCUT2D eigenvalue weighted by molar-refractivity contribution is 5.99.